The summed E-state index contributed by atoms with van der Waals surface area (Å²) in [6.45, 7) is 1.83. The molecule has 130 valence electrons. The second kappa shape index (κ2) is 9.22. The molecule has 0 bridgehead atoms. The van der Waals surface area contributed by atoms with Crippen LogP contribution in [-0.4, -0.2) is 23.5 Å². The molecule has 0 radical (unpaired) electrons. The Morgan fingerprint density at radius 3 is 2.46 bits per heavy atom. The first-order valence-electron chi connectivity index (χ1n) is 8.11. The van der Waals surface area contributed by atoms with E-state index >= 15 is 0 Å². The Hall–Kier alpha value is -2.15. The molecule has 0 heterocycles. The highest BCUT2D eigenvalue weighted by Crippen LogP contribution is 2.27. The van der Waals surface area contributed by atoms with Gasteiger partial charge in [-0.2, -0.15) is 0 Å². The van der Waals surface area contributed by atoms with Gasteiger partial charge in [0.05, 0.1) is 0 Å². The van der Waals surface area contributed by atoms with Gasteiger partial charge >= 0.3 is 0 Å². The summed E-state index contributed by atoms with van der Waals surface area (Å²) in [5.41, 5.74) is 6.01. The molecular weight excluding hydrogens is 326 g/mol. The van der Waals surface area contributed by atoms with Crippen molar-refractivity contribution < 1.29 is 14.3 Å². The summed E-state index contributed by atoms with van der Waals surface area (Å²) < 4.78 is 5.34. The predicted molar refractivity (Wildman–Crippen MR) is 95.3 cm³/mol. The molecule has 24 heavy (non-hydrogen) atoms. The van der Waals surface area contributed by atoms with Crippen molar-refractivity contribution in [1.82, 2.24) is 16.2 Å². The van der Waals surface area contributed by atoms with Gasteiger partial charge in [-0.1, -0.05) is 30.5 Å². The number of hydrogen-bond acceptors (Lipinski definition) is 4. The van der Waals surface area contributed by atoms with Gasteiger partial charge < -0.3 is 10.1 Å². The number of thiocarbonyl (C=S) groups is 1. The molecule has 2 rings (SSSR count). The van der Waals surface area contributed by atoms with Gasteiger partial charge in [-0.05, 0) is 50.0 Å². The number of amides is 2. The number of carbonyl (C=O) groups excluding carboxylic acids is 2. The van der Waals surface area contributed by atoms with Crippen molar-refractivity contribution in [2.45, 2.75) is 39.0 Å². The fourth-order valence-electron chi connectivity index (χ4n) is 2.63. The van der Waals surface area contributed by atoms with E-state index in [9.17, 15) is 9.59 Å². The molecule has 1 aliphatic rings. The maximum Gasteiger partial charge on any atom is 0.276 e. The summed E-state index contributed by atoms with van der Waals surface area (Å²) in [5.74, 6) is 0.556. The highest BCUT2D eigenvalue weighted by Gasteiger charge is 2.18. The van der Waals surface area contributed by atoms with Crippen LogP contribution >= 0.6 is 12.2 Å². The molecule has 1 fully saturated rings. The normalized spacial score (nSPS) is 14.0. The minimum Gasteiger partial charge on any atom is -0.484 e. The lowest BCUT2D eigenvalue weighted by molar-refractivity contribution is -0.124. The van der Waals surface area contributed by atoms with Gasteiger partial charge in [-0.3, -0.25) is 20.4 Å². The lowest BCUT2D eigenvalue weighted by atomic mass is 10.0. The summed E-state index contributed by atoms with van der Waals surface area (Å²) in [5, 5.41) is 2.65. The summed E-state index contributed by atoms with van der Waals surface area (Å²) >= 11 is 4.98. The second-order valence-electron chi connectivity index (χ2n) is 6.01. The highest BCUT2D eigenvalue weighted by molar-refractivity contribution is 7.80. The number of hydrazine groups is 1. The molecular formula is C17H23N3O3S. The fourth-order valence-corrected chi connectivity index (χ4v) is 2.80. The van der Waals surface area contributed by atoms with Crippen molar-refractivity contribution in [3.05, 3.63) is 29.8 Å². The van der Waals surface area contributed by atoms with E-state index in [0.717, 1.165) is 18.4 Å². The van der Waals surface area contributed by atoms with Crippen molar-refractivity contribution in [2.24, 2.45) is 5.92 Å². The number of hydrogen-bond donors (Lipinski definition) is 3. The molecule has 3 N–H and O–H groups in total. The Bertz CT molecular complexity index is 583. The lowest BCUT2D eigenvalue weighted by Crippen LogP contribution is -2.49. The molecule has 0 atom stereocenters. The van der Waals surface area contributed by atoms with Gasteiger partial charge in [0.1, 0.15) is 5.75 Å². The molecule has 0 aliphatic heterocycles. The van der Waals surface area contributed by atoms with Crippen molar-refractivity contribution >= 4 is 29.1 Å². The van der Waals surface area contributed by atoms with E-state index in [1.807, 2.05) is 19.1 Å². The molecule has 0 saturated heterocycles. The van der Waals surface area contributed by atoms with Crippen LogP contribution in [0.1, 0.15) is 37.7 Å². The van der Waals surface area contributed by atoms with Crippen molar-refractivity contribution in [3.63, 3.8) is 0 Å². The summed E-state index contributed by atoms with van der Waals surface area (Å²) in [7, 11) is 0. The number of ether oxygens (including phenoxy) is 1. The smallest absolute Gasteiger partial charge is 0.276 e. The van der Waals surface area contributed by atoms with Gasteiger partial charge in [0, 0.05) is 6.42 Å². The molecule has 1 aromatic carbocycles. The van der Waals surface area contributed by atoms with E-state index < -0.39 is 0 Å². The van der Waals surface area contributed by atoms with Crippen LogP contribution in [-0.2, 0) is 9.59 Å². The third-order valence-corrected chi connectivity index (χ3v) is 4.11. The first-order chi connectivity index (χ1) is 11.5. The van der Waals surface area contributed by atoms with Gasteiger partial charge in [-0.25, -0.2) is 0 Å². The lowest BCUT2D eigenvalue weighted by Gasteiger charge is -2.13. The van der Waals surface area contributed by atoms with Crippen LogP contribution in [0.25, 0.3) is 0 Å². The maximum atomic E-state index is 11.8. The first-order valence-corrected chi connectivity index (χ1v) is 8.52. The second-order valence-corrected chi connectivity index (χ2v) is 6.42. The van der Waals surface area contributed by atoms with Crippen LogP contribution in [0.4, 0.5) is 0 Å². The molecule has 1 aliphatic carbocycles. The van der Waals surface area contributed by atoms with E-state index in [4.69, 9.17) is 17.0 Å². The topological polar surface area (TPSA) is 79.5 Å². The Morgan fingerprint density at radius 2 is 1.79 bits per heavy atom. The standard InChI is InChI=1S/C17H23N3O3S/c1-12-6-8-14(9-7-12)23-11-16(22)19-20-17(24)18-15(21)10-13-4-2-3-5-13/h6-9,13H,2-5,10-11H2,1H3,(H,19,22)(H2,18,20,21,24). The fraction of sp³-hybridized carbons (Fsp3) is 0.471. The average Bonchev–Trinajstić information content (AvgIpc) is 3.05. The molecule has 7 heteroatoms. The zero-order chi connectivity index (χ0) is 17.4. The first kappa shape index (κ1) is 18.2. The zero-order valence-corrected chi connectivity index (χ0v) is 14.6. The van der Waals surface area contributed by atoms with Gasteiger partial charge in [-0.15, -0.1) is 0 Å². The highest BCUT2D eigenvalue weighted by atomic mass is 32.1. The van der Waals surface area contributed by atoms with Gasteiger partial charge in [0.25, 0.3) is 5.91 Å². The molecule has 1 saturated carbocycles. The number of carbonyl (C=O) groups is 2. The largest absolute Gasteiger partial charge is 0.484 e. The number of aryl methyl sites for hydroxylation is 1. The third kappa shape index (κ3) is 6.54. The van der Waals surface area contributed by atoms with E-state index in [1.165, 1.54) is 12.8 Å². The Morgan fingerprint density at radius 1 is 1.12 bits per heavy atom. The predicted octanol–water partition coefficient (Wildman–Crippen LogP) is 1.98. The number of nitrogens with one attached hydrogen (secondary N) is 3. The Balaban J connectivity index is 1.60. The maximum absolute atomic E-state index is 11.8. The van der Waals surface area contributed by atoms with Crippen molar-refractivity contribution in [2.75, 3.05) is 6.61 Å². The van der Waals surface area contributed by atoms with Crippen molar-refractivity contribution in [1.29, 1.82) is 0 Å². The average molecular weight is 349 g/mol. The summed E-state index contributed by atoms with van der Waals surface area (Å²) in [6, 6.07) is 7.40. The molecule has 6 nitrogen and oxygen atoms in total. The number of rotatable bonds is 5. The minimum absolute atomic E-state index is 0.0849. The minimum atomic E-state index is -0.386. The third-order valence-electron chi connectivity index (χ3n) is 3.91. The van der Waals surface area contributed by atoms with Crippen molar-refractivity contribution in [3.8, 4) is 5.75 Å². The van der Waals surface area contributed by atoms with Crippen LogP contribution in [0, 0.1) is 12.8 Å². The van der Waals surface area contributed by atoms with Crippen LogP contribution in [0.2, 0.25) is 0 Å². The zero-order valence-electron chi connectivity index (χ0n) is 13.8. The summed E-state index contributed by atoms with van der Waals surface area (Å²) in [4.78, 5) is 23.5. The molecule has 0 spiro atoms. The van der Waals surface area contributed by atoms with Gasteiger partial charge in [0.2, 0.25) is 5.91 Å². The van der Waals surface area contributed by atoms with Crippen LogP contribution in [0.5, 0.6) is 5.75 Å². The Kier molecular flexibility index (Phi) is 6.99. The summed E-state index contributed by atoms with van der Waals surface area (Å²) in [6.07, 6.45) is 5.06. The van der Waals surface area contributed by atoms with E-state index in [0.29, 0.717) is 18.1 Å². The van der Waals surface area contributed by atoms with Crippen LogP contribution < -0.4 is 20.9 Å². The van der Waals surface area contributed by atoms with E-state index in [2.05, 4.69) is 16.2 Å². The quantitative estimate of drug-likeness (QED) is 0.559. The molecule has 0 unspecified atom stereocenters. The molecule has 2 amide bonds. The van der Waals surface area contributed by atoms with E-state index in [1.54, 1.807) is 12.1 Å². The Labute approximate surface area is 147 Å². The van der Waals surface area contributed by atoms with Crippen LogP contribution in [0.3, 0.4) is 0 Å². The number of benzene rings is 1. The monoisotopic (exact) mass is 349 g/mol. The van der Waals surface area contributed by atoms with Crippen LogP contribution in [0.15, 0.2) is 24.3 Å². The molecule has 1 aromatic rings. The van der Waals surface area contributed by atoms with Gasteiger partial charge in [0.15, 0.2) is 11.7 Å². The van der Waals surface area contributed by atoms with E-state index in [-0.39, 0.29) is 23.5 Å². The molecule has 0 aromatic heterocycles. The SMILES string of the molecule is Cc1ccc(OCC(=O)NNC(=S)NC(=O)CC2CCCC2)cc1.